The highest BCUT2D eigenvalue weighted by Gasteiger charge is 2.37. The van der Waals surface area contributed by atoms with E-state index in [0.29, 0.717) is 23.0 Å². The van der Waals surface area contributed by atoms with Gasteiger partial charge in [0.1, 0.15) is 0 Å². The molecule has 11 nitrogen and oxygen atoms in total. The van der Waals surface area contributed by atoms with Gasteiger partial charge in [-0.15, -0.1) is 0 Å². The first kappa shape index (κ1) is 33.7. The molecule has 1 amide bonds. The fourth-order valence-corrected chi connectivity index (χ4v) is 10.1. The number of anilines is 2. The molecule has 2 fully saturated rings. The first-order valence-electron chi connectivity index (χ1n) is 13.9. The van der Waals surface area contributed by atoms with Crippen LogP contribution in [0.3, 0.4) is 0 Å². The first-order chi connectivity index (χ1) is 21.5. The van der Waals surface area contributed by atoms with Crippen LogP contribution in [0.2, 0.25) is 5.02 Å². The van der Waals surface area contributed by atoms with Gasteiger partial charge >= 0.3 is 0 Å². The highest BCUT2D eigenvalue weighted by molar-refractivity contribution is 7.99. The van der Waals surface area contributed by atoms with E-state index < -0.39 is 26.0 Å². The van der Waals surface area contributed by atoms with Crippen molar-refractivity contribution in [2.45, 2.75) is 16.0 Å². The summed E-state index contributed by atoms with van der Waals surface area (Å²) in [5.74, 6) is 3.16. The molecule has 0 bridgehead atoms. The molecule has 45 heavy (non-hydrogen) atoms. The van der Waals surface area contributed by atoms with E-state index in [2.05, 4.69) is 14.9 Å². The molecule has 16 heteroatoms. The Balaban J connectivity index is 1.38. The van der Waals surface area contributed by atoms with E-state index in [1.165, 1.54) is 74.9 Å². The van der Waals surface area contributed by atoms with Crippen molar-refractivity contribution in [1.29, 1.82) is 0 Å². The molecule has 5 rings (SSSR count). The van der Waals surface area contributed by atoms with Gasteiger partial charge in [-0.2, -0.15) is 27.8 Å². The molecular formula is C29H33ClN4O7S4. The van der Waals surface area contributed by atoms with Crippen LogP contribution in [0, 0.1) is 0 Å². The maximum atomic E-state index is 13.7. The topological polar surface area (TPSA) is 134 Å². The van der Waals surface area contributed by atoms with Crippen LogP contribution in [0.4, 0.5) is 11.4 Å². The molecule has 2 saturated heterocycles. The molecule has 2 aliphatic rings. The summed E-state index contributed by atoms with van der Waals surface area (Å²) in [6.07, 6.45) is -0.200. The summed E-state index contributed by atoms with van der Waals surface area (Å²) < 4.78 is 68.5. The number of nitrogens with one attached hydrogen (secondary N) is 2. The summed E-state index contributed by atoms with van der Waals surface area (Å²) in [5, 5.41) is 3.10. The molecule has 1 atom stereocenters. The van der Waals surface area contributed by atoms with Crippen LogP contribution in [0.15, 0.2) is 70.5 Å². The quantitative estimate of drug-likeness (QED) is 0.309. The van der Waals surface area contributed by atoms with E-state index in [-0.39, 0.29) is 38.7 Å². The van der Waals surface area contributed by atoms with Crippen molar-refractivity contribution in [3.05, 3.63) is 71.2 Å². The molecule has 0 radical (unpaired) electrons. The van der Waals surface area contributed by atoms with Crippen LogP contribution in [-0.4, -0.2) is 95.0 Å². The largest absolute Gasteiger partial charge is 0.493 e. The van der Waals surface area contributed by atoms with E-state index in [1.807, 2.05) is 11.8 Å². The third-order valence-corrected chi connectivity index (χ3v) is 12.9. The zero-order valence-electron chi connectivity index (χ0n) is 24.6. The Hall–Kier alpha value is -2.66. The molecule has 0 aromatic heterocycles. The summed E-state index contributed by atoms with van der Waals surface area (Å²) in [6, 6.07) is 14.2. The van der Waals surface area contributed by atoms with E-state index in [1.54, 1.807) is 16.1 Å². The van der Waals surface area contributed by atoms with Crippen molar-refractivity contribution in [2.24, 2.45) is 0 Å². The molecule has 242 valence electrons. The SMILES string of the molecule is COc1cc(NS(=O)(=O)c2ccc(Cl)cc2)c(C(=O)Nc2ccc(S(=O)(=O)N3CCSCC3N3CCSCC3)cc2)cc1OC. The van der Waals surface area contributed by atoms with E-state index in [4.69, 9.17) is 21.1 Å². The maximum absolute atomic E-state index is 13.7. The first-order valence-corrected chi connectivity index (χ1v) is 19.5. The highest BCUT2D eigenvalue weighted by atomic mass is 35.5. The molecule has 3 aromatic rings. The average Bonchev–Trinajstić information content (AvgIpc) is 3.05. The smallest absolute Gasteiger partial charge is 0.261 e. The van der Waals surface area contributed by atoms with Crippen molar-refractivity contribution >= 4 is 72.5 Å². The van der Waals surface area contributed by atoms with Crippen LogP contribution >= 0.6 is 35.1 Å². The van der Waals surface area contributed by atoms with Crippen LogP contribution in [0.5, 0.6) is 11.5 Å². The minimum absolute atomic E-state index is 0.0461. The fourth-order valence-electron chi connectivity index (χ4n) is 5.03. The molecular weight excluding hydrogens is 680 g/mol. The fraction of sp³-hybridized carbons (Fsp3) is 0.345. The van der Waals surface area contributed by atoms with Crippen LogP contribution in [0.1, 0.15) is 10.4 Å². The number of methoxy groups -OCH3 is 2. The number of halogens is 1. The summed E-state index contributed by atoms with van der Waals surface area (Å²) in [5.41, 5.74) is 0.221. The zero-order chi connectivity index (χ0) is 32.2. The van der Waals surface area contributed by atoms with Gasteiger partial charge in [-0.05, 0) is 54.6 Å². The third-order valence-electron chi connectivity index (χ3n) is 7.38. The van der Waals surface area contributed by atoms with E-state index >= 15 is 0 Å². The number of carbonyl (C=O) groups is 1. The summed E-state index contributed by atoms with van der Waals surface area (Å²) >= 11 is 9.55. The van der Waals surface area contributed by atoms with Crippen molar-refractivity contribution in [3.63, 3.8) is 0 Å². The summed E-state index contributed by atoms with van der Waals surface area (Å²) in [7, 11) is -5.11. The molecule has 2 aliphatic heterocycles. The predicted molar refractivity (Wildman–Crippen MR) is 180 cm³/mol. The third kappa shape index (κ3) is 7.67. The van der Waals surface area contributed by atoms with Crippen molar-refractivity contribution in [3.8, 4) is 11.5 Å². The molecule has 1 unspecified atom stereocenters. The highest BCUT2D eigenvalue weighted by Crippen LogP contribution is 2.35. The lowest BCUT2D eigenvalue weighted by Gasteiger charge is -2.42. The van der Waals surface area contributed by atoms with Gasteiger partial charge in [0.25, 0.3) is 15.9 Å². The molecule has 3 aromatic carbocycles. The van der Waals surface area contributed by atoms with E-state index in [9.17, 15) is 21.6 Å². The summed E-state index contributed by atoms with van der Waals surface area (Å²) in [6.45, 7) is 2.12. The van der Waals surface area contributed by atoms with Crippen LogP contribution in [-0.2, 0) is 20.0 Å². The number of thioether (sulfide) groups is 2. The monoisotopic (exact) mass is 712 g/mol. The lowest BCUT2D eigenvalue weighted by Crippen LogP contribution is -2.57. The Labute approximate surface area is 277 Å². The number of carbonyl (C=O) groups excluding carboxylic acids is 1. The van der Waals surface area contributed by atoms with Gasteiger partial charge < -0.3 is 14.8 Å². The Kier molecular flexibility index (Phi) is 10.8. The van der Waals surface area contributed by atoms with E-state index in [0.717, 1.165) is 30.3 Å². The number of ether oxygens (including phenoxy) is 2. The molecule has 0 spiro atoms. The number of benzene rings is 3. The van der Waals surface area contributed by atoms with Crippen LogP contribution < -0.4 is 19.5 Å². The molecule has 0 saturated carbocycles. The Morgan fingerprint density at radius 3 is 2.09 bits per heavy atom. The molecule has 2 heterocycles. The number of rotatable bonds is 10. The average molecular weight is 713 g/mol. The second kappa shape index (κ2) is 14.4. The van der Waals surface area contributed by atoms with Crippen molar-refractivity contribution in [2.75, 3.05) is 66.9 Å². The second-order valence-electron chi connectivity index (χ2n) is 10.1. The number of amides is 1. The van der Waals surface area contributed by atoms with Gasteiger partial charge in [0.15, 0.2) is 11.5 Å². The van der Waals surface area contributed by atoms with Gasteiger partial charge in [0, 0.05) is 59.4 Å². The Bertz CT molecular complexity index is 1740. The maximum Gasteiger partial charge on any atom is 0.261 e. The standard InChI is InChI=1S/C29H33ClN4O7S4/c1-40-26-17-24(25(18-27(26)41-2)32-44(36,37)22-7-3-20(30)4-8-22)29(35)31-21-5-9-23(10-6-21)45(38,39)34-13-16-43-19-28(34)33-11-14-42-15-12-33/h3-10,17-18,28,32H,11-16,19H2,1-2H3,(H,31,35). The van der Waals surface area contributed by atoms with Gasteiger partial charge in [-0.1, -0.05) is 11.6 Å². The Morgan fingerprint density at radius 2 is 1.44 bits per heavy atom. The van der Waals surface area contributed by atoms with Gasteiger partial charge in [-0.25, -0.2) is 16.8 Å². The lowest BCUT2D eigenvalue weighted by atomic mass is 10.1. The number of nitrogens with zero attached hydrogens (tertiary/aromatic N) is 2. The number of sulfonamides is 2. The number of hydrogen-bond acceptors (Lipinski definition) is 10. The predicted octanol–water partition coefficient (Wildman–Crippen LogP) is 4.52. The summed E-state index contributed by atoms with van der Waals surface area (Å²) in [4.78, 5) is 15.8. The lowest BCUT2D eigenvalue weighted by molar-refractivity contribution is 0.102. The van der Waals surface area contributed by atoms with Crippen molar-refractivity contribution in [1.82, 2.24) is 9.21 Å². The zero-order valence-corrected chi connectivity index (χ0v) is 28.6. The van der Waals surface area contributed by atoms with Crippen LogP contribution in [0.25, 0.3) is 0 Å². The minimum Gasteiger partial charge on any atom is -0.493 e. The molecule has 2 N–H and O–H groups in total. The normalized spacial score (nSPS) is 18.2. The molecule has 0 aliphatic carbocycles. The number of hydrogen-bond donors (Lipinski definition) is 2. The van der Waals surface area contributed by atoms with Gasteiger partial charge in [-0.3, -0.25) is 14.4 Å². The van der Waals surface area contributed by atoms with Gasteiger partial charge in [0.2, 0.25) is 10.0 Å². The minimum atomic E-state index is -4.11. The van der Waals surface area contributed by atoms with Gasteiger partial charge in [0.05, 0.1) is 41.4 Å². The second-order valence-corrected chi connectivity index (χ2v) is 16.5. The van der Waals surface area contributed by atoms with Crippen molar-refractivity contribution < 1.29 is 31.1 Å². The Morgan fingerprint density at radius 1 is 0.844 bits per heavy atom.